The van der Waals surface area contributed by atoms with Gasteiger partial charge in [-0.3, -0.25) is 9.48 Å². The summed E-state index contributed by atoms with van der Waals surface area (Å²) >= 11 is 1.59. The molecule has 0 radical (unpaired) electrons. The number of hydrogen-bond donors (Lipinski definition) is 2. The predicted octanol–water partition coefficient (Wildman–Crippen LogP) is 3.08. The van der Waals surface area contributed by atoms with Crippen molar-refractivity contribution in [1.29, 1.82) is 0 Å². The van der Waals surface area contributed by atoms with Gasteiger partial charge in [0.2, 0.25) is 5.91 Å². The van der Waals surface area contributed by atoms with Gasteiger partial charge in [-0.25, -0.2) is 0 Å². The van der Waals surface area contributed by atoms with E-state index in [2.05, 4.69) is 10.4 Å². The number of hydrogen-bond acceptors (Lipinski definition) is 4. The molecule has 1 amide bonds. The lowest BCUT2D eigenvalue weighted by Crippen LogP contribution is -2.41. The van der Waals surface area contributed by atoms with Crippen LogP contribution in [0.1, 0.15) is 54.6 Å². The summed E-state index contributed by atoms with van der Waals surface area (Å²) < 4.78 is 1.81. The van der Waals surface area contributed by atoms with E-state index >= 15 is 0 Å². The van der Waals surface area contributed by atoms with Gasteiger partial charge in [-0.1, -0.05) is 19.9 Å². The topological polar surface area (TPSA) is 67.2 Å². The Morgan fingerprint density at radius 3 is 2.58 bits per heavy atom. The van der Waals surface area contributed by atoms with Gasteiger partial charge in [-0.15, -0.1) is 11.3 Å². The Morgan fingerprint density at radius 2 is 2.12 bits per heavy atom. The van der Waals surface area contributed by atoms with Crippen LogP contribution in [0.25, 0.3) is 0 Å². The second-order valence-electron chi connectivity index (χ2n) is 7.03. The molecule has 0 aliphatic rings. The third-order valence-electron chi connectivity index (χ3n) is 4.69. The Bertz CT molecular complexity index is 704. The third-order valence-corrected chi connectivity index (χ3v) is 5.63. The SMILES string of the molecule is Cc1nn(C)c(C)c1C(C)C(=O)NC(c1cccs1)C(C)(C)CO. The Balaban J connectivity index is 2.28. The number of aromatic nitrogens is 2. The van der Waals surface area contributed by atoms with Gasteiger partial charge in [-0.05, 0) is 32.2 Å². The van der Waals surface area contributed by atoms with E-state index in [0.29, 0.717) is 0 Å². The molecule has 0 bridgehead atoms. The van der Waals surface area contributed by atoms with Gasteiger partial charge >= 0.3 is 0 Å². The molecule has 0 saturated carbocycles. The summed E-state index contributed by atoms with van der Waals surface area (Å²) in [4.78, 5) is 14.0. The fraction of sp³-hybridized carbons (Fsp3) is 0.556. The van der Waals surface area contributed by atoms with Crippen LogP contribution in [0.3, 0.4) is 0 Å². The number of carbonyl (C=O) groups excluding carboxylic acids is 1. The Hall–Kier alpha value is -1.66. The maximum atomic E-state index is 12.9. The van der Waals surface area contributed by atoms with Crippen LogP contribution in [0.5, 0.6) is 0 Å². The highest BCUT2D eigenvalue weighted by atomic mass is 32.1. The van der Waals surface area contributed by atoms with E-state index in [1.807, 2.05) is 63.9 Å². The van der Waals surface area contributed by atoms with Crippen molar-refractivity contribution in [2.75, 3.05) is 6.61 Å². The molecule has 2 unspecified atom stereocenters. The number of rotatable bonds is 6. The van der Waals surface area contributed by atoms with Crippen LogP contribution in [0.4, 0.5) is 0 Å². The summed E-state index contributed by atoms with van der Waals surface area (Å²) in [5, 5.41) is 19.3. The van der Waals surface area contributed by atoms with Crippen molar-refractivity contribution >= 4 is 17.2 Å². The highest BCUT2D eigenvalue weighted by Crippen LogP contribution is 2.36. The standard InChI is InChI=1S/C18H27N3O2S/c1-11(15-12(2)20-21(6)13(15)3)17(23)19-16(18(4,5)10-22)14-8-7-9-24-14/h7-9,11,16,22H,10H2,1-6H3,(H,19,23). The molecule has 0 aliphatic heterocycles. The Labute approximate surface area is 147 Å². The highest BCUT2D eigenvalue weighted by Gasteiger charge is 2.34. The van der Waals surface area contributed by atoms with Gasteiger partial charge in [0.25, 0.3) is 0 Å². The molecule has 132 valence electrons. The van der Waals surface area contributed by atoms with E-state index in [9.17, 15) is 9.90 Å². The molecule has 24 heavy (non-hydrogen) atoms. The summed E-state index contributed by atoms with van der Waals surface area (Å²) in [6.45, 7) is 9.73. The first kappa shape index (κ1) is 18.7. The first-order valence-corrected chi connectivity index (χ1v) is 9.01. The van der Waals surface area contributed by atoms with Gasteiger partial charge in [0.15, 0.2) is 0 Å². The quantitative estimate of drug-likeness (QED) is 0.842. The molecule has 0 aromatic carbocycles. The molecular weight excluding hydrogens is 322 g/mol. The molecule has 2 aromatic rings. The Kier molecular flexibility index (Phi) is 5.50. The number of nitrogens with zero attached hydrogens (tertiary/aromatic N) is 2. The second-order valence-corrected chi connectivity index (χ2v) is 8.01. The van der Waals surface area contributed by atoms with Crippen molar-refractivity contribution in [3.05, 3.63) is 39.3 Å². The van der Waals surface area contributed by atoms with Gasteiger partial charge < -0.3 is 10.4 Å². The predicted molar refractivity (Wildman–Crippen MR) is 97.2 cm³/mol. The number of aryl methyl sites for hydroxylation is 2. The van der Waals surface area contributed by atoms with E-state index in [1.54, 1.807) is 11.3 Å². The third kappa shape index (κ3) is 3.54. The molecule has 5 nitrogen and oxygen atoms in total. The molecular formula is C18H27N3O2S. The van der Waals surface area contributed by atoms with Crippen LogP contribution < -0.4 is 5.32 Å². The molecule has 0 spiro atoms. The average Bonchev–Trinajstić information content (AvgIpc) is 3.13. The van der Waals surface area contributed by atoms with Crippen molar-refractivity contribution in [3.63, 3.8) is 0 Å². The van der Waals surface area contributed by atoms with Crippen LogP contribution in [-0.4, -0.2) is 27.4 Å². The molecule has 0 aliphatic carbocycles. The van der Waals surface area contributed by atoms with Crippen molar-refractivity contribution in [2.24, 2.45) is 12.5 Å². The molecule has 6 heteroatoms. The van der Waals surface area contributed by atoms with Gasteiger partial charge in [0.1, 0.15) is 0 Å². The summed E-state index contributed by atoms with van der Waals surface area (Å²) in [6, 6.07) is 3.73. The molecule has 2 aromatic heterocycles. The number of amides is 1. The van der Waals surface area contributed by atoms with E-state index in [1.165, 1.54) is 0 Å². The fourth-order valence-electron chi connectivity index (χ4n) is 3.01. The molecule has 2 atom stereocenters. The molecule has 2 heterocycles. The minimum atomic E-state index is -0.445. The summed E-state index contributed by atoms with van der Waals surface area (Å²) in [5.74, 6) is -0.343. The van der Waals surface area contributed by atoms with Crippen molar-refractivity contribution in [1.82, 2.24) is 15.1 Å². The molecule has 2 rings (SSSR count). The van der Waals surface area contributed by atoms with E-state index in [0.717, 1.165) is 21.8 Å². The smallest absolute Gasteiger partial charge is 0.227 e. The number of carbonyl (C=O) groups is 1. The van der Waals surface area contributed by atoms with Crippen molar-refractivity contribution in [3.8, 4) is 0 Å². The van der Waals surface area contributed by atoms with Gasteiger partial charge in [-0.2, -0.15) is 5.10 Å². The summed E-state index contributed by atoms with van der Waals surface area (Å²) in [5.41, 5.74) is 2.41. The molecule has 0 saturated heterocycles. The first-order chi connectivity index (χ1) is 11.2. The molecule has 0 fully saturated rings. The number of nitrogens with one attached hydrogen (secondary N) is 1. The number of aliphatic hydroxyl groups is 1. The first-order valence-electron chi connectivity index (χ1n) is 8.13. The minimum Gasteiger partial charge on any atom is -0.396 e. The highest BCUT2D eigenvalue weighted by molar-refractivity contribution is 7.10. The van der Waals surface area contributed by atoms with Crippen LogP contribution in [0, 0.1) is 19.3 Å². The van der Waals surface area contributed by atoms with E-state index in [4.69, 9.17) is 0 Å². The zero-order valence-electron chi connectivity index (χ0n) is 15.3. The maximum Gasteiger partial charge on any atom is 0.227 e. The lowest BCUT2D eigenvalue weighted by Gasteiger charge is -2.33. The number of thiophene rings is 1. The zero-order valence-corrected chi connectivity index (χ0v) is 16.1. The lowest BCUT2D eigenvalue weighted by atomic mass is 9.83. The Morgan fingerprint density at radius 1 is 1.46 bits per heavy atom. The fourth-order valence-corrected chi connectivity index (χ4v) is 4.00. The minimum absolute atomic E-state index is 0.00479. The van der Waals surface area contributed by atoms with Gasteiger partial charge in [0.05, 0.1) is 24.3 Å². The van der Waals surface area contributed by atoms with Crippen LogP contribution in [0.2, 0.25) is 0 Å². The average molecular weight is 350 g/mol. The number of aliphatic hydroxyl groups excluding tert-OH is 1. The molecule has 2 N–H and O–H groups in total. The largest absolute Gasteiger partial charge is 0.396 e. The van der Waals surface area contributed by atoms with Gasteiger partial charge in [0, 0.05) is 28.6 Å². The summed E-state index contributed by atoms with van der Waals surface area (Å²) in [6.07, 6.45) is 0. The normalized spacial score (nSPS) is 14.5. The van der Waals surface area contributed by atoms with Crippen LogP contribution >= 0.6 is 11.3 Å². The zero-order chi connectivity index (χ0) is 18.1. The van der Waals surface area contributed by atoms with Crippen molar-refractivity contribution < 1.29 is 9.90 Å². The van der Waals surface area contributed by atoms with Crippen molar-refractivity contribution in [2.45, 2.75) is 46.6 Å². The van der Waals surface area contributed by atoms with E-state index < -0.39 is 5.41 Å². The van der Waals surface area contributed by atoms with Crippen LogP contribution in [-0.2, 0) is 11.8 Å². The monoisotopic (exact) mass is 349 g/mol. The van der Waals surface area contributed by atoms with E-state index in [-0.39, 0.29) is 24.5 Å². The lowest BCUT2D eigenvalue weighted by molar-refractivity contribution is -0.124. The maximum absolute atomic E-state index is 12.9. The summed E-state index contributed by atoms with van der Waals surface area (Å²) in [7, 11) is 1.89. The van der Waals surface area contributed by atoms with Crippen LogP contribution in [0.15, 0.2) is 17.5 Å². The second kappa shape index (κ2) is 7.07.